The lowest BCUT2D eigenvalue weighted by Crippen LogP contribution is -2.24. The summed E-state index contributed by atoms with van der Waals surface area (Å²) in [5.74, 6) is 1.85. The maximum atomic E-state index is 12.7. The number of nitrogens with one attached hydrogen (secondary N) is 1. The van der Waals surface area contributed by atoms with E-state index >= 15 is 0 Å². The molecule has 3 aromatic rings. The molecule has 0 fully saturated rings. The standard InChI is InChI=1S/C28H27IN2O5/c1-18-5-7-19(8-6-18)17-36-27-24(29)12-20(13-26(27)35-4)11-22(15-30)28(32)31-16-21-9-10-23(33-2)14-25(21)34-3/h5-14H,16-17H2,1-4H3,(H,31,32)/b22-11+. The highest BCUT2D eigenvalue weighted by molar-refractivity contribution is 14.1. The lowest BCUT2D eigenvalue weighted by Gasteiger charge is -2.14. The van der Waals surface area contributed by atoms with E-state index in [0.29, 0.717) is 35.2 Å². The first-order chi connectivity index (χ1) is 17.4. The number of ether oxygens (including phenoxy) is 4. The van der Waals surface area contributed by atoms with Crippen LogP contribution < -0.4 is 24.3 Å². The van der Waals surface area contributed by atoms with Crippen LogP contribution in [0.25, 0.3) is 6.08 Å². The summed E-state index contributed by atoms with van der Waals surface area (Å²) < 4.78 is 22.9. The van der Waals surface area contributed by atoms with Crippen molar-refractivity contribution in [3.8, 4) is 29.1 Å². The monoisotopic (exact) mass is 598 g/mol. The van der Waals surface area contributed by atoms with Gasteiger partial charge in [-0.1, -0.05) is 29.8 Å². The highest BCUT2D eigenvalue weighted by atomic mass is 127. The van der Waals surface area contributed by atoms with Crippen LogP contribution in [0, 0.1) is 21.8 Å². The molecule has 0 aliphatic carbocycles. The van der Waals surface area contributed by atoms with Gasteiger partial charge in [-0.25, -0.2) is 0 Å². The Morgan fingerprint density at radius 1 is 1.00 bits per heavy atom. The van der Waals surface area contributed by atoms with Crippen LogP contribution in [0.15, 0.2) is 60.2 Å². The zero-order valence-corrected chi connectivity index (χ0v) is 22.7. The van der Waals surface area contributed by atoms with Crippen LogP contribution in [-0.2, 0) is 17.9 Å². The van der Waals surface area contributed by atoms with E-state index in [0.717, 1.165) is 14.7 Å². The van der Waals surface area contributed by atoms with Gasteiger partial charge >= 0.3 is 0 Å². The van der Waals surface area contributed by atoms with Crippen LogP contribution in [0.3, 0.4) is 0 Å². The molecule has 0 aliphatic rings. The van der Waals surface area contributed by atoms with Gasteiger partial charge in [-0.15, -0.1) is 0 Å². The third-order valence-corrected chi connectivity index (χ3v) is 6.17. The van der Waals surface area contributed by atoms with E-state index in [9.17, 15) is 10.1 Å². The minimum Gasteiger partial charge on any atom is -0.497 e. The van der Waals surface area contributed by atoms with Gasteiger partial charge in [0.1, 0.15) is 29.7 Å². The Bertz CT molecular complexity index is 1300. The van der Waals surface area contributed by atoms with Crippen molar-refractivity contribution >= 4 is 34.6 Å². The van der Waals surface area contributed by atoms with Crippen LogP contribution in [0.2, 0.25) is 0 Å². The topological polar surface area (TPSA) is 89.8 Å². The van der Waals surface area contributed by atoms with Crippen molar-refractivity contribution in [3.05, 3.63) is 86.0 Å². The van der Waals surface area contributed by atoms with Gasteiger partial charge in [0, 0.05) is 18.2 Å². The molecule has 7 nitrogen and oxygen atoms in total. The Balaban J connectivity index is 1.75. The number of aryl methyl sites for hydroxylation is 1. The first kappa shape index (κ1) is 26.9. The molecule has 36 heavy (non-hydrogen) atoms. The summed E-state index contributed by atoms with van der Waals surface area (Å²) in [6, 6.07) is 19.0. The van der Waals surface area contributed by atoms with Crippen molar-refractivity contribution in [3.63, 3.8) is 0 Å². The Kier molecular flexibility index (Phi) is 9.59. The molecule has 8 heteroatoms. The second kappa shape index (κ2) is 12.8. The summed E-state index contributed by atoms with van der Waals surface area (Å²) in [5, 5.41) is 12.4. The highest BCUT2D eigenvalue weighted by Gasteiger charge is 2.15. The third kappa shape index (κ3) is 6.92. The van der Waals surface area contributed by atoms with Gasteiger partial charge in [0.25, 0.3) is 5.91 Å². The first-order valence-corrected chi connectivity index (χ1v) is 12.1. The van der Waals surface area contributed by atoms with E-state index < -0.39 is 5.91 Å². The number of halogens is 1. The molecule has 0 aliphatic heterocycles. The molecule has 186 valence electrons. The van der Waals surface area contributed by atoms with E-state index in [2.05, 4.69) is 27.9 Å². The fraction of sp³-hybridized carbons (Fsp3) is 0.214. The van der Waals surface area contributed by atoms with Crippen molar-refractivity contribution in [1.29, 1.82) is 5.26 Å². The number of nitrogens with zero attached hydrogens (tertiary/aromatic N) is 1. The molecule has 1 N–H and O–H groups in total. The van der Waals surface area contributed by atoms with E-state index in [1.807, 2.05) is 43.3 Å². The van der Waals surface area contributed by atoms with Crippen LogP contribution in [0.5, 0.6) is 23.0 Å². The number of rotatable bonds is 10. The zero-order valence-electron chi connectivity index (χ0n) is 20.6. The smallest absolute Gasteiger partial charge is 0.262 e. The average molecular weight is 598 g/mol. The van der Waals surface area contributed by atoms with E-state index in [-0.39, 0.29) is 12.1 Å². The number of carbonyl (C=O) groups excluding carboxylic acids is 1. The molecule has 0 heterocycles. The molecular weight excluding hydrogens is 571 g/mol. The van der Waals surface area contributed by atoms with Crippen molar-refractivity contribution < 1.29 is 23.7 Å². The zero-order chi connectivity index (χ0) is 26.1. The molecule has 0 bridgehead atoms. The molecule has 0 radical (unpaired) electrons. The van der Waals surface area contributed by atoms with Crippen LogP contribution in [0.1, 0.15) is 22.3 Å². The van der Waals surface area contributed by atoms with Crippen LogP contribution >= 0.6 is 22.6 Å². The average Bonchev–Trinajstić information content (AvgIpc) is 2.90. The van der Waals surface area contributed by atoms with E-state index in [4.69, 9.17) is 18.9 Å². The Hall–Kier alpha value is -3.71. The second-order valence-corrected chi connectivity index (χ2v) is 9.00. The van der Waals surface area contributed by atoms with E-state index in [1.165, 1.54) is 11.6 Å². The summed E-state index contributed by atoms with van der Waals surface area (Å²) >= 11 is 2.16. The van der Waals surface area contributed by atoms with Gasteiger partial charge in [-0.2, -0.15) is 5.26 Å². The number of nitriles is 1. The maximum absolute atomic E-state index is 12.7. The first-order valence-electron chi connectivity index (χ1n) is 11.0. The molecule has 1 amide bonds. The van der Waals surface area contributed by atoms with Gasteiger partial charge in [0.05, 0.1) is 24.9 Å². The van der Waals surface area contributed by atoms with Crippen LogP contribution in [0.4, 0.5) is 0 Å². The largest absolute Gasteiger partial charge is 0.497 e. The number of methoxy groups -OCH3 is 3. The van der Waals surface area contributed by atoms with Gasteiger partial charge in [-0.3, -0.25) is 4.79 Å². The van der Waals surface area contributed by atoms with Gasteiger partial charge in [-0.05, 0) is 71.0 Å². The molecule has 0 saturated carbocycles. The molecule has 0 saturated heterocycles. The van der Waals surface area contributed by atoms with Crippen LogP contribution in [-0.4, -0.2) is 27.2 Å². The predicted octanol–water partition coefficient (Wildman–Crippen LogP) is 5.43. The Labute approximate surface area is 224 Å². The molecule has 0 unspecified atom stereocenters. The fourth-order valence-electron chi connectivity index (χ4n) is 3.39. The molecule has 3 rings (SSSR count). The Morgan fingerprint density at radius 3 is 2.36 bits per heavy atom. The quantitative estimate of drug-likeness (QED) is 0.190. The van der Waals surface area contributed by atoms with Crippen molar-refractivity contribution in [2.75, 3.05) is 21.3 Å². The van der Waals surface area contributed by atoms with Gasteiger partial charge < -0.3 is 24.3 Å². The summed E-state index contributed by atoms with van der Waals surface area (Å²) in [6.07, 6.45) is 1.52. The number of amides is 1. The molecule has 3 aromatic carbocycles. The molecule has 0 atom stereocenters. The molecular formula is C28H27IN2O5. The number of benzene rings is 3. The number of hydrogen-bond donors (Lipinski definition) is 1. The van der Waals surface area contributed by atoms with Gasteiger partial charge in [0.15, 0.2) is 11.5 Å². The van der Waals surface area contributed by atoms with Gasteiger partial charge in [0.2, 0.25) is 0 Å². The molecule has 0 aromatic heterocycles. The fourth-order valence-corrected chi connectivity index (χ4v) is 4.17. The Morgan fingerprint density at radius 2 is 1.72 bits per heavy atom. The SMILES string of the molecule is COc1ccc(CNC(=O)/C(C#N)=C/c2cc(I)c(OCc3ccc(C)cc3)c(OC)c2)c(OC)c1. The number of carbonyl (C=O) groups is 1. The third-order valence-electron chi connectivity index (χ3n) is 5.37. The summed E-state index contributed by atoms with van der Waals surface area (Å²) in [5.41, 5.74) is 3.60. The normalized spacial score (nSPS) is 10.8. The van der Waals surface area contributed by atoms with Crippen molar-refractivity contribution in [2.45, 2.75) is 20.1 Å². The second-order valence-electron chi connectivity index (χ2n) is 7.84. The molecule has 0 spiro atoms. The highest BCUT2D eigenvalue weighted by Crippen LogP contribution is 2.35. The lowest BCUT2D eigenvalue weighted by atomic mass is 10.1. The predicted molar refractivity (Wildman–Crippen MR) is 146 cm³/mol. The van der Waals surface area contributed by atoms with Crippen molar-refractivity contribution in [2.24, 2.45) is 0 Å². The number of hydrogen-bond acceptors (Lipinski definition) is 6. The summed E-state index contributed by atoms with van der Waals surface area (Å²) in [4.78, 5) is 12.7. The summed E-state index contributed by atoms with van der Waals surface area (Å²) in [7, 11) is 4.67. The van der Waals surface area contributed by atoms with E-state index in [1.54, 1.807) is 45.6 Å². The lowest BCUT2D eigenvalue weighted by molar-refractivity contribution is -0.117. The minimum absolute atomic E-state index is 0.0337. The maximum Gasteiger partial charge on any atom is 0.262 e. The summed E-state index contributed by atoms with van der Waals surface area (Å²) in [6.45, 7) is 2.62. The van der Waals surface area contributed by atoms with Crippen molar-refractivity contribution in [1.82, 2.24) is 5.32 Å². The minimum atomic E-state index is -0.496.